The van der Waals surface area contributed by atoms with Gasteiger partial charge in [0.05, 0.1) is 50.3 Å². The predicted octanol–water partition coefficient (Wildman–Crippen LogP) is 2.38. The quantitative estimate of drug-likeness (QED) is 0.409. The van der Waals surface area contributed by atoms with Crippen LogP contribution in [0.3, 0.4) is 0 Å². The summed E-state index contributed by atoms with van der Waals surface area (Å²) in [6.45, 7) is 4.43. The average Bonchev–Trinajstić information content (AvgIpc) is 3.45. The minimum atomic E-state index is -1.20. The Morgan fingerprint density at radius 1 is 1.05 bits per heavy atom. The number of nitrogens with zero attached hydrogens (tertiary/aromatic N) is 1. The fraction of sp³-hybridized carbons (Fsp3) is 0.788. The second-order valence-corrected chi connectivity index (χ2v) is 14.0. The standard InChI is InChI=1S/C33H47NO9/c1-7-34-15-31(16-38-2)11-10-23(35)33-19-13-18-22(41-5)14-32(37,25(29(33)34)27(42-6)28(31)33)24(19)26(18)43-30(36)17-8-9-20(39-3)21(12-17)40-4/h8-9,12,18-19,22-29,35,37H,7,10-11,13-16H2,1-6H3/t18-,19?,22+,23+,24?,25+,26+,27+,28?,29?,31+,32-,33+/m1/s1. The minimum absolute atomic E-state index is 0.0214. The Bertz CT molecular complexity index is 1260. The van der Waals surface area contributed by atoms with Crippen molar-refractivity contribution in [1.82, 2.24) is 4.90 Å². The fourth-order valence-electron chi connectivity index (χ4n) is 12.0. The molecular formula is C33H47NO9. The molecule has 0 aromatic heterocycles. The van der Waals surface area contributed by atoms with Crippen molar-refractivity contribution in [2.24, 2.45) is 40.4 Å². The highest BCUT2D eigenvalue weighted by atomic mass is 16.6. The monoisotopic (exact) mass is 601 g/mol. The molecule has 1 aromatic rings. The van der Waals surface area contributed by atoms with Crippen LogP contribution < -0.4 is 9.47 Å². The first-order valence-electron chi connectivity index (χ1n) is 15.8. The van der Waals surface area contributed by atoms with Crippen molar-refractivity contribution in [3.8, 4) is 11.5 Å². The van der Waals surface area contributed by atoms with Crippen molar-refractivity contribution in [2.45, 2.75) is 68.7 Å². The summed E-state index contributed by atoms with van der Waals surface area (Å²) in [6.07, 6.45) is 1.03. The van der Waals surface area contributed by atoms with Crippen LogP contribution in [0.5, 0.6) is 11.5 Å². The second kappa shape index (κ2) is 10.3. The molecule has 43 heavy (non-hydrogen) atoms. The maximum absolute atomic E-state index is 13.8. The number of piperidine rings is 1. The number of hydrogen-bond donors (Lipinski definition) is 2. The van der Waals surface area contributed by atoms with Crippen LogP contribution in [0.4, 0.5) is 0 Å². The molecular weight excluding hydrogens is 554 g/mol. The van der Waals surface area contributed by atoms with Crippen molar-refractivity contribution >= 4 is 5.97 Å². The van der Waals surface area contributed by atoms with Gasteiger partial charge in [-0.2, -0.15) is 0 Å². The number of methoxy groups -OCH3 is 5. The number of likely N-dealkylation sites (tertiary alicyclic amines) is 1. The Morgan fingerprint density at radius 2 is 1.81 bits per heavy atom. The van der Waals surface area contributed by atoms with E-state index in [-0.39, 0.29) is 53.3 Å². The SMILES string of the molecule is CCN1C[C@]2(COC)CC[C@H](O)[C@]34C5C[C@@H]6[C@@H](OC)C[C@@](O)(C5[C@H]6OC(=O)c5ccc(OC)c(OC)c5)[C@H](C13)[C@H](OC)C24. The maximum Gasteiger partial charge on any atom is 0.338 e. The molecule has 5 aliphatic carbocycles. The molecule has 1 aromatic carbocycles. The molecule has 4 unspecified atom stereocenters. The van der Waals surface area contributed by atoms with Gasteiger partial charge in [-0.3, -0.25) is 4.90 Å². The number of rotatable bonds is 9. The van der Waals surface area contributed by atoms with Crippen LogP contribution in [0.25, 0.3) is 0 Å². The van der Waals surface area contributed by atoms with Crippen molar-refractivity contribution in [3.05, 3.63) is 23.8 Å². The summed E-state index contributed by atoms with van der Waals surface area (Å²) < 4.78 is 35.7. The number of carbonyl (C=O) groups excluding carboxylic acids is 1. The molecule has 0 amide bonds. The highest BCUT2D eigenvalue weighted by Crippen LogP contribution is 2.79. The van der Waals surface area contributed by atoms with E-state index in [9.17, 15) is 15.0 Å². The van der Waals surface area contributed by atoms with Crippen LogP contribution in [0.15, 0.2) is 18.2 Å². The summed E-state index contributed by atoms with van der Waals surface area (Å²) in [5, 5.41) is 25.4. The Hall–Kier alpha value is -1.95. The van der Waals surface area contributed by atoms with Crippen LogP contribution >= 0.6 is 0 Å². The number of ether oxygens (including phenoxy) is 6. The summed E-state index contributed by atoms with van der Waals surface area (Å²) in [5.41, 5.74) is -1.56. The molecule has 5 saturated carbocycles. The van der Waals surface area contributed by atoms with Gasteiger partial charge in [0.1, 0.15) is 6.10 Å². The largest absolute Gasteiger partial charge is 0.493 e. The molecule has 7 bridgehead atoms. The molecule has 6 fully saturated rings. The van der Waals surface area contributed by atoms with Gasteiger partial charge in [-0.15, -0.1) is 0 Å². The molecule has 1 saturated heterocycles. The Kier molecular flexibility index (Phi) is 7.12. The van der Waals surface area contributed by atoms with Crippen molar-refractivity contribution in [2.75, 3.05) is 55.2 Å². The molecule has 1 heterocycles. The molecule has 2 N–H and O–H groups in total. The lowest BCUT2D eigenvalue weighted by Gasteiger charge is -2.68. The summed E-state index contributed by atoms with van der Waals surface area (Å²) in [5.74, 6) is -0.258. The highest BCUT2D eigenvalue weighted by molar-refractivity contribution is 5.90. The third kappa shape index (κ3) is 3.59. The molecule has 1 aliphatic heterocycles. The van der Waals surface area contributed by atoms with Gasteiger partial charge in [0.15, 0.2) is 11.5 Å². The van der Waals surface area contributed by atoms with Gasteiger partial charge in [0.25, 0.3) is 0 Å². The Labute approximate surface area is 253 Å². The lowest BCUT2D eigenvalue weighted by atomic mass is 9.43. The lowest BCUT2D eigenvalue weighted by molar-refractivity contribution is -0.272. The van der Waals surface area contributed by atoms with Crippen LogP contribution in [-0.2, 0) is 18.9 Å². The van der Waals surface area contributed by atoms with Gasteiger partial charge in [0, 0.05) is 74.8 Å². The summed E-state index contributed by atoms with van der Waals surface area (Å²) in [4.78, 5) is 16.3. The number of aliphatic hydroxyl groups is 2. The average molecular weight is 602 g/mol. The van der Waals surface area contributed by atoms with Gasteiger partial charge in [-0.25, -0.2) is 4.79 Å². The Balaban J connectivity index is 1.36. The van der Waals surface area contributed by atoms with E-state index in [0.717, 1.165) is 19.5 Å². The third-order valence-corrected chi connectivity index (χ3v) is 13.0. The van der Waals surface area contributed by atoms with E-state index >= 15 is 0 Å². The topological polar surface area (TPSA) is 116 Å². The van der Waals surface area contributed by atoms with E-state index < -0.39 is 29.2 Å². The molecule has 6 aliphatic rings. The Morgan fingerprint density at radius 3 is 2.47 bits per heavy atom. The van der Waals surface area contributed by atoms with Crippen molar-refractivity contribution < 1.29 is 43.4 Å². The number of benzene rings is 1. The zero-order chi connectivity index (χ0) is 30.5. The van der Waals surface area contributed by atoms with Gasteiger partial charge in [-0.1, -0.05) is 6.92 Å². The van der Waals surface area contributed by atoms with E-state index in [2.05, 4.69) is 11.8 Å². The molecule has 1 spiro atoms. The number of fused-ring (bicyclic) bond motifs is 2. The van der Waals surface area contributed by atoms with E-state index in [1.807, 2.05) is 0 Å². The summed E-state index contributed by atoms with van der Waals surface area (Å²) >= 11 is 0. The minimum Gasteiger partial charge on any atom is -0.493 e. The smallest absolute Gasteiger partial charge is 0.338 e. The predicted molar refractivity (Wildman–Crippen MR) is 155 cm³/mol. The maximum atomic E-state index is 13.8. The third-order valence-electron chi connectivity index (χ3n) is 13.0. The number of carbonyl (C=O) groups is 1. The van der Waals surface area contributed by atoms with E-state index in [0.29, 0.717) is 42.9 Å². The van der Waals surface area contributed by atoms with Crippen molar-refractivity contribution in [1.29, 1.82) is 0 Å². The van der Waals surface area contributed by atoms with Crippen molar-refractivity contribution in [3.63, 3.8) is 0 Å². The van der Waals surface area contributed by atoms with Gasteiger partial charge in [-0.05, 0) is 49.9 Å². The lowest BCUT2D eigenvalue weighted by Crippen LogP contribution is -2.76. The fourth-order valence-corrected chi connectivity index (χ4v) is 12.0. The second-order valence-electron chi connectivity index (χ2n) is 14.0. The molecule has 10 heteroatoms. The zero-order valence-corrected chi connectivity index (χ0v) is 26.2. The summed E-state index contributed by atoms with van der Waals surface area (Å²) in [6, 6.07) is 4.96. The molecule has 238 valence electrons. The zero-order valence-electron chi connectivity index (χ0n) is 26.2. The summed E-state index contributed by atoms with van der Waals surface area (Å²) in [7, 11) is 8.29. The number of esters is 1. The normalized spacial score (nSPS) is 47.3. The number of hydrogen-bond acceptors (Lipinski definition) is 10. The van der Waals surface area contributed by atoms with Crippen LogP contribution in [0, 0.1) is 40.4 Å². The van der Waals surface area contributed by atoms with E-state index in [4.69, 9.17) is 28.4 Å². The van der Waals surface area contributed by atoms with Gasteiger partial charge in [0.2, 0.25) is 0 Å². The van der Waals surface area contributed by atoms with Gasteiger partial charge >= 0.3 is 5.97 Å². The first-order chi connectivity index (χ1) is 20.7. The van der Waals surface area contributed by atoms with E-state index in [1.54, 1.807) is 46.6 Å². The molecule has 13 atom stereocenters. The first kappa shape index (κ1) is 29.7. The van der Waals surface area contributed by atoms with E-state index in [1.165, 1.54) is 7.11 Å². The molecule has 10 nitrogen and oxygen atoms in total. The van der Waals surface area contributed by atoms with Crippen LogP contribution in [0.2, 0.25) is 0 Å². The van der Waals surface area contributed by atoms with Gasteiger partial charge < -0.3 is 38.6 Å². The highest BCUT2D eigenvalue weighted by Gasteiger charge is 2.86. The van der Waals surface area contributed by atoms with Crippen LogP contribution in [-0.4, -0.2) is 112 Å². The molecule has 0 radical (unpaired) electrons. The number of aliphatic hydroxyl groups excluding tert-OH is 1. The van der Waals surface area contributed by atoms with Crippen LogP contribution in [0.1, 0.15) is 43.0 Å². The first-order valence-corrected chi connectivity index (χ1v) is 15.8. The molecule has 7 rings (SSSR count).